The lowest BCUT2D eigenvalue weighted by atomic mass is 10.0. The molecule has 0 aromatic carbocycles. The van der Waals surface area contributed by atoms with E-state index in [1.54, 1.807) is 23.1 Å². The van der Waals surface area contributed by atoms with Gasteiger partial charge in [0.25, 0.3) is 5.95 Å². The molecular weight excluding hydrogens is 256 g/mol. The quantitative estimate of drug-likeness (QED) is 0.620. The third-order valence-electron chi connectivity index (χ3n) is 3.52. The molecule has 2 heterocycles. The van der Waals surface area contributed by atoms with Crippen LogP contribution in [0.1, 0.15) is 27.2 Å². The van der Waals surface area contributed by atoms with E-state index in [0.29, 0.717) is 17.8 Å². The molecule has 0 saturated heterocycles. The van der Waals surface area contributed by atoms with Crippen LogP contribution < -0.4 is 16.2 Å². The van der Waals surface area contributed by atoms with E-state index in [4.69, 9.17) is 5.84 Å². The number of nitrogen functional groups attached to an aromatic ring is 1. The predicted molar refractivity (Wildman–Crippen MR) is 77.5 cm³/mol. The molecular formula is C12H20N8. The van der Waals surface area contributed by atoms with Crippen molar-refractivity contribution >= 4 is 11.9 Å². The molecule has 2 aromatic heterocycles. The van der Waals surface area contributed by atoms with E-state index >= 15 is 0 Å². The molecule has 20 heavy (non-hydrogen) atoms. The molecule has 0 bridgehead atoms. The van der Waals surface area contributed by atoms with Crippen LogP contribution in [0.2, 0.25) is 0 Å². The van der Waals surface area contributed by atoms with E-state index in [0.717, 1.165) is 6.42 Å². The van der Waals surface area contributed by atoms with Gasteiger partial charge in [-0.2, -0.15) is 20.1 Å². The van der Waals surface area contributed by atoms with Crippen LogP contribution in [0, 0.1) is 0 Å². The molecule has 0 fully saturated rings. The van der Waals surface area contributed by atoms with Gasteiger partial charge < -0.3 is 4.90 Å². The van der Waals surface area contributed by atoms with Gasteiger partial charge in [0.05, 0.1) is 0 Å². The van der Waals surface area contributed by atoms with Crippen molar-refractivity contribution in [2.45, 2.75) is 32.7 Å². The Hall–Kier alpha value is -2.22. The molecule has 0 spiro atoms. The number of nitrogens with two attached hydrogens (primary N) is 1. The van der Waals surface area contributed by atoms with Gasteiger partial charge in [0.1, 0.15) is 0 Å². The fraction of sp³-hybridized carbons (Fsp3) is 0.500. The third kappa shape index (κ3) is 2.69. The van der Waals surface area contributed by atoms with Crippen LogP contribution in [-0.4, -0.2) is 37.3 Å². The summed E-state index contributed by atoms with van der Waals surface area (Å²) < 4.78 is 1.57. The largest absolute Gasteiger partial charge is 0.339 e. The van der Waals surface area contributed by atoms with Crippen molar-refractivity contribution in [3.8, 4) is 5.95 Å². The molecule has 0 saturated carbocycles. The topological polar surface area (TPSA) is 97.8 Å². The number of rotatable bonds is 5. The van der Waals surface area contributed by atoms with E-state index in [9.17, 15) is 0 Å². The summed E-state index contributed by atoms with van der Waals surface area (Å²) in [6.07, 6.45) is 4.39. The molecule has 0 aliphatic carbocycles. The highest BCUT2D eigenvalue weighted by Crippen LogP contribution is 2.22. The van der Waals surface area contributed by atoms with Crippen LogP contribution in [-0.2, 0) is 0 Å². The zero-order valence-electron chi connectivity index (χ0n) is 12.2. The van der Waals surface area contributed by atoms with Crippen molar-refractivity contribution in [2.75, 3.05) is 17.4 Å². The number of aromatic nitrogens is 5. The number of hydrogen-bond acceptors (Lipinski definition) is 7. The normalized spacial score (nSPS) is 11.4. The van der Waals surface area contributed by atoms with Gasteiger partial charge in [-0.05, 0) is 26.3 Å². The van der Waals surface area contributed by atoms with Gasteiger partial charge >= 0.3 is 0 Å². The number of hydrogen-bond donors (Lipinski definition) is 2. The molecule has 0 aliphatic rings. The molecule has 0 amide bonds. The van der Waals surface area contributed by atoms with Crippen molar-refractivity contribution in [3.63, 3.8) is 0 Å². The molecule has 3 N–H and O–H groups in total. The molecule has 0 unspecified atom stereocenters. The molecule has 0 aliphatic heterocycles. The number of nitrogens with zero attached hydrogens (tertiary/aromatic N) is 6. The summed E-state index contributed by atoms with van der Waals surface area (Å²) >= 11 is 0. The summed E-state index contributed by atoms with van der Waals surface area (Å²) in [4.78, 5) is 15.0. The summed E-state index contributed by atoms with van der Waals surface area (Å²) in [5, 5.41) is 4.12. The van der Waals surface area contributed by atoms with Crippen molar-refractivity contribution in [1.29, 1.82) is 0 Å². The Morgan fingerprint density at radius 3 is 2.65 bits per heavy atom. The average Bonchev–Trinajstić information content (AvgIpc) is 3.00. The number of anilines is 2. The minimum atomic E-state index is -0.0748. The van der Waals surface area contributed by atoms with Crippen LogP contribution in [0.5, 0.6) is 0 Å². The van der Waals surface area contributed by atoms with Gasteiger partial charge in [-0.3, -0.25) is 5.43 Å². The van der Waals surface area contributed by atoms with Crippen molar-refractivity contribution in [2.24, 2.45) is 5.84 Å². The minimum Gasteiger partial charge on any atom is -0.339 e. The standard InChI is InChI=1S/C12H20N8/c1-5-12(2,3)19(4)10-15-9(18-13)16-11(17-10)20-8-6-7-14-20/h6-8H,5,13H2,1-4H3,(H,15,16,17,18). The Bertz CT molecular complexity index is 563. The van der Waals surface area contributed by atoms with E-state index in [-0.39, 0.29) is 5.54 Å². The smallest absolute Gasteiger partial charge is 0.257 e. The van der Waals surface area contributed by atoms with Gasteiger partial charge in [-0.25, -0.2) is 10.5 Å². The Kier molecular flexibility index (Phi) is 3.84. The fourth-order valence-electron chi connectivity index (χ4n) is 1.57. The lowest BCUT2D eigenvalue weighted by Gasteiger charge is -2.34. The zero-order chi connectivity index (χ0) is 14.8. The van der Waals surface area contributed by atoms with E-state index < -0.39 is 0 Å². The number of nitrogens with one attached hydrogen (secondary N) is 1. The van der Waals surface area contributed by atoms with Crippen LogP contribution >= 0.6 is 0 Å². The Labute approximate surface area is 118 Å². The SMILES string of the molecule is CCC(C)(C)N(C)c1nc(NN)nc(-n2cccn2)n1. The summed E-state index contributed by atoms with van der Waals surface area (Å²) in [5.74, 6) is 6.71. The molecule has 8 nitrogen and oxygen atoms in total. The Morgan fingerprint density at radius 1 is 1.35 bits per heavy atom. The first-order valence-corrected chi connectivity index (χ1v) is 6.44. The second kappa shape index (κ2) is 5.41. The van der Waals surface area contributed by atoms with Gasteiger partial charge in [0, 0.05) is 25.0 Å². The van der Waals surface area contributed by atoms with E-state index in [2.05, 4.69) is 46.2 Å². The Balaban J connectivity index is 2.46. The highest BCUT2D eigenvalue weighted by Gasteiger charge is 2.24. The Morgan fingerprint density at radius 2 is 2.10 bits per heavy atom. The summed E-state index contributed by atoms with van der Waals surface area (Å²) in [5.41, 5.74) is 2.39. The highest BCUT2D eigenvalue weighted by atomic mass is 15.4. The van der Waals surface area contributed by atoms with Crippen LogP contribution in [0.3, 0.4) is 0 Å². The second-order valence-corrected chi connectivity index (χ2v) is 5.08. The third-order valence-corrected chi connectivity index (χ3v) is 3.52. The first kappa shape index (κ1) is 14.2. The molecule has 108 valence electrons. The van der Waals surface area contributed by atoms with Gasteiger partial charge in [0.2, 0.25) is 11.9 Å². The molecule has 2 aromatic rings. The molecule has 2 rings (SSSR count). The van der Waals surface area contributed by atoms with Gasteiger partial charge in [0.15, 0.2) is 0 Å². The monoisotopic (exact) mass is 276 g/mol. The molecule has 0 atom stereocenters. The van der Waals surface area contributed by atoms with Gasteiger partial charge in [-0.15, -0.1) is 0 Å². The first-order valence-electron chi connectivity index (χ1n) is 6.44. The lowest BCUT2D eigenvalue weighted by Crippen LogP contribution is -2.42. The van der Waals surface area contributed by atoms with Gasteiger partial charge in [-0.1, -0.05) is 6.92 Å². The maximum atomic E-state index is 5.43. The van der Waals surface area contributed by atoms with Crippen molar-refractivity contribution in [3.05, 3.63) is 18.5 Å². The maximum Gasteiger partial charge on any atom is 0.257 e. The van der Waals surface area contributed by atoms with E-state index in [1.165, 1.54) is 0 Å². The summed E-state index contributed by atoms with van der Waals surface area (Å²) in [6.45, 7) is 6.37. The lowest BCUT2D eigenvalue weighted by molar-refractivity contribution is 0.462. The first-order chi connectivity index (χ1) is 9.47. The van der Waals surface area contributed by atoms with Crippen molar-refractivity contribution in [1.82, 2.24) is 24.7 Å². The van der Waals surface area contributed by atoms with Crippen molar-refractivity contribution < 1.29 is 0 Å². The van der Waals surface area contributed by atoms with E-state index in [1.807, 2.05) is 11.9 Å². The van der Waals surface area contributed by atoms with Crippen LogP contribution in [0.4, 0.5) is 11.9 Å². The minimum absolute atomic E-state index is 0.0748. The molecule has 0 radical (unpaired) electrons. The zero-order valence-corrected chi connectivity index (χ0v) is 12.2. The second-order valence-electron chi connectivity index (χ2n) is 5.08. The summed E-state index contributed by atoms with van der Waals surface area (Å²) in [7, 11) is 1.95. The predicted octanol–water partition coefficient (Wildman–Crippen LogP) is 0.968. The fourth-order valence-corrected chi connectivity index (χ4v) is 1.57. The van der Waals surface area contributed by atoms with Crippen LogP contribution in [0.25, 0.3) is 5.95 Å². The maximum absolute atomic E-state index is 5.43. The highest BCUT2D eigenvalue weighted by molar-refractivity contribution is 5.40. The average molecular weight is 276 g/mol. The number of hydrazine groups is 1. The molecule has 8 heteroatoms. The van der Waals surface area contributed by atoms with Crippen LogP contribution in [0.15, 0.2) is 18.5 Å². The summed E-state index contributed by atoms with van der Waals surface area (Å²) in [6, 6.07) is 1.80.